The molecule has 0 saturated carbocycles. The SMILES string of the molecule is O=C(CCNc1cnn(-c2ccc(F)cc2F)c(=O)c1Cl)NCc1ccccc1. The molecule has 0 spiro atoms. The molecule has 0 fully saturated rings. The summed E-state index contributed by atoms with van der Waals surface area (Å²) in [6, 6.07) is 12.2. The lowest BCUT2D eigenvalue weighted by molar-refractivity contribution is -0.121. The quantitative estimate of drug-likeness (QED) is 0.617. The van der Waals surface area contributed by atoms with Gasteiger partial charge in [-0.1, -0.05) is 41.9 Å². The lowest BCUT2D eigenvalue weighted by Crippen LogP contribution is -2.26. The third-order valence-electron chi connectivity index (χ3n) is 4.06. The van der Waals surface area contributed by atoms with Gasteiger partial charge in [0.2, 0.25) is 5.91 Å². The molecule has 9 heteroatoms. The van der Waals surface area contributed by atoms with Gasteiger partial charge >= 0.3 is 0 Å². The second-order valence-corrected chi connectivity index (χ2v) is 6.50. The number of carbonyl (C=O) groups is 1. The highest BCUT2D eigenvalue weighted by Crippen LogP contribution is 2.18. The number of hydrogen-bond acceptors (Lipinski definition) is 4. The average molecular weight is 419 g/mol. The Balaban J connectivity index is 1.60. The van der Waals surface area contributed by atoms with E-state index in [1.807, 2.05) is 30.3 Å². The Bertz CT molecular complexity index is 1070. The molecule has 1 aromatic heterocycles. The van der Waals surface area contributed by atoms with Crippen LogP contribution in [-0.2, 0) is 11.3 Å². The first-order chi connectivity index (χ1) is 14.0. The Labute approximate surface area is 170 Å². The maximum absolute atomic E-state index is 13.9. The molecule has 150 valence electrons. The van der Waals surface area contributed by atoms with Gasteiger partial charge in [0.15, 0.2) is 5.82 Å². The fraction of sp³-hybridized carbons (Fsp3) is 0.150. The van der Waals surface area contributed by atoms with Gasteiger partial charge < -0.3 is 10.6 Å². The molecule has 0 aliphatic carbocycles. The number of carbonyl (C=O) groups excluding carboxylic acids is 1. The van der Waals surface area contributed by atoms with E-state index in [2.05, 4.69) is 15.7 Å². The van der Waals surface area contributed by atoms with Crippen LogP contribution in [0.4, 0.5) is 14.5 Å². The van der Waals surface area contributed by atoms with Crippen molar-refractivity contribution in [3.63, 3.8) is 0 Å². The molecule has 1 amide bonds. The van der Waals surface area contributed by atoms with Crippen LogP contribution in [-0.4, -0.2) is 22.2 Å². The van der Waals surface area contributed by atoms with Gasteiger partial charge in [-0.15, -0.1) is 0 Å². The largest absolute Gasteiger partial charge is 0.382 e. The first kappa shape index (κ1) is 20.5. The van der Waals surface area contributed by atoms with Crippen molar-refractivity contribution in [2.45, 2.75) is 13.0 Å². The molecule has 2 aromatic carbocycles. The van der Waals surface area contributed by atoms with Crippen LogP contribution < -0.4 is 16.2 Å². The van der Waals surface area contributed by atoms with Crippen molar-refractivity contribution in [2.24, 2.45) is 0 Å². The molecule has 6 nitrogen and oxygen atoms in total. The van der Waals surface area contributed by atoms with Crippen LogP contribution in [0.25, 0.3) is 5.69 Å². The lowest BCUT2D eigenvalue weighted by atomic mass is 10.2. The van der Waals surface area contributed by atoms with Gasteiger partial charge in [0.05, 0.1) is 11.9 Å². The summed E-state index contributed by atoms with van der Waals surface area (Å²) in [6.07, 6.45) is 1.40. The van der Waals surface area contributed by atoms with Crippen molar-refractivity contribution in [1.29, 1.82) is 0 Å². The van der Waals surface area contributed by atoms with Crippen LogP contribution >= 0.6 is 11.6 Å². The summed E-state index contributed by atoms with van der Waals surface area (Å²) >= 11 is 6.06. The number of rotatable bonds is 7. The predicted octanol–water partition coefficient (Wildman–Crippen LogP) is 3.28. The zero-order valence-corrected chi connectivity index (χ0v) is 15.9. The number of benzene rings is 2. The van der Waals surface area contributed by atoms with E-state index in [1.54, 1.807) is 0 Å². The molecule has 0 radical (unpaired) electrons. The Morgan fingerprint density at radius 1 is 1.14 bits per heavy atom. The van der Waals surface area contributed by atoms with Gasteiger partial charge in [0.1, 0.15) is 16.5 Å². The molecule has 0 aliphatic rings. The third-order valence-corrected chi connectivity index (χ3v) is 4.42. The predicted molar refractivity (Wildman–Crippen MR) is 106 cm³/mol. The van der Waals surface area contributed by atoms with Crippen molar-refractivity contribution in [1.82, 2.24) is 15.1 Å². The smallest absolute Gasteiger partial charge is 0.292 e. The molecule has 0 bridgehead atoms. The number of halogens is 3. The van der Waals surface area contributed by atoms with Crippen molar-refractivity contribution in [3.8, 4) is 5.69 Å². The first-order valence-electron chi connectivity index (χ1n) is 8.73. The van der Waals surface area contributed by atoms with Crippen molar-refractivity contribution < 1.29 is 13.6 Å². The van der Waals surface area contributed by atoms with Crippen molar-refractivity contribution in [3.05, 3.63) is 87.3 Å². The molecule has 1 heterocycles. The van der Waals surface area contributed by atoms with E-state index in [4.69, 9.17) is 11.6 Å². The van der Waals surface area contributed by atoms with Crippen LogP contribution in [0.1, 0.15) is 12.0 Å². The number of anilines is 1. The van der Waals surface area contributed by atoms with Crippen LogP contribution in [0, 0.1) is 11.6 Å². The monoisotopic (exact) mass is 418 g/mol. The summed E-state index contributed by atoms with van der Waals surface area (Å²) in [5, 5.41) is 9.30. The number of nitrogens with zero attached hydrogens (tertiary/aromatic N) is 2. The summed E-state index contributed by atoms with van der Waals surface area (Å²) in [5.41, 5.74) is 0.213. The standard InChI is InChI=1S/C20H17ClF2N4O2/c21-19-16(24-9-8-18(28)25-11-13-4-2-1-3-5-13)12-26-27(20(19)29)17-7-6-14(22)10-15(17)23/h1-7,10,12,24H,8-9,11H2,(H,25,28). The normalized spacial score (nSPS) is 10.6. The maximum atomic E-state index is 13.9. The third kappa shape index (κ3) is 5.17. The molecule has 0 saturated heterocycles. The van der Waals surface area contributed by atoms with E-state index in [9.17, 15) is 18.4 Å². The zero-order valence-electron chi connectivity index (χ0n) is 15.2. The highest BCUT2D eigenvalue weighted by molar-refractivity contribution is 6.32. The van der Waals surface area contributed by atoms with Crippen molar-refractivity contribution in [2.75, 3.05) is 11.9 Å². The van der Waals surface area contributed by atoms with Gasteiger partial charge in [-0.05, 0) is 17.7 Å². The van der Waals surface area contributed by atoms with Gasteiger partial charge in [-0.3, -0.25) is 9.59 Å². The van der Waals surface area contributed by atoms with E-state index in [-0.39, 0.29) is 35.3 Å². The van der Waals surface area contributed by atoms with Gasteiger partial charge in [-0.25, -0.2) is 8.78 Å². The highest BCUT2D eigenvalue weighted by Gasteiger charge is 2.14. The summed E-state index contributed by atoms with van der Waals surface area (Å²) in [4.78, 5) is 24.3. The summed E-state index contributed by atoms with van der Waals surface area (Å²) in [7, 11) is 0. The average Bonchev–Trinajstić information content (AvgIpc) is 2.71. The minimum Gasteiger partial charge on any atom is -0.382 e. The fourth-order valence-electron chi connectivity index (χ4n) is 2.58. The van der Waals surface area contributed by atoms with Crippen LogP contribution in [0.5, 0.6) is 0 Å². The Morgan fingerprint density at radius 2 is 1.90 bits per heavy atom. The maximum Gasteiger partial charge on any atom is 0.292 e. The molecule has 0 unspecified atom stereocenters. The molecule has 3 aromatic rings. The summed E-state index contributed by atoms with van der Waals surface area (Å²) in [6.45, 7) is 0.637. The minimum atomic E-state index is -0.938. The van der Waals surface area contributed by atoms with Gasteiger partial charge in [0.25, 0.3) is 5.56 Å². The first-order valence-corrected chi connectivity index (χ1v) is 9.11. The highest BCUT2D eigenvalue weighted by atomic mass is 35.5. The Kier molecular flexibility index (Phi) is 6.56. The zero-order chi connectivity index (χ0) is 20.8. The lowest BCUT2D eigenvalue weighted by Gasteiger charge is -2.11. The van der Waals surface area contributed by atoms with Crippen LogP contribution in [0.2, 0.25) is 5.02 Å². The van der Waals surface area contributed by atoms with Gasteiger partial charge in [0, 0.05) is 25.6 Å². The van der Waals surface area contributed by atoms with E-state index in [0.29, 0.717) is 12.6 Å². The molecular formula is C20H17ClF2N4O2. The number of nitrogens with one attached hydrogen (secondary N) is 2. The van der Waals surface area contributed by atoms with Crippen LogP contribution in [0.3, 0.4) is 0 Å². The molecule has 0 aliphatic heterocycles. The number of hydrogen-bond donors (Lipinski definition) is 2. The topological polar surface area (TPSA) is 76.0 Å². The van der Waals surface area contributed by atoms with E-state index in [1.165, 1.54) is 6.20 Å². The minimum absolute atomic E-state index is 0.152. The van der Waals surface area contributed by atoms with E-state index >= 15 is 0 Å². The Morgan fingerprint density at radius 3 is 2.62 bits per heavy atom. The molecular weight excluding hydrogens is 402 g/mol. The molecule has 3 rings (SSSR count). The molecule has 29 heavy (non-hydrogen) atoms. The fourth-order valence-corrected chi connectivity index (χ4v) is 2.77. The Hall–Kier alpha value is -3.26. The van der Waals surface area contributed by atoms with Gasteiger partial charge in [-0.2, -0.15) is 9.78 Å². The second kappa shape index (κ2) is 9.29. The number of aromatic nitrogens is 2. The van der Waals surface area contributed by atoms with E-state index < -0.39 is 17.2 Å². The van der Waals surface area contributed by atoms with E-state index in [0.717, 1.165) is 22.4 Å². The van der Waals surface area contributed by atoms with Crippen LogP contribution in [0.15, 0.2) is 59.5 Å². The van der Waals surface area contributed by atoms with Crippen molar-refractivity contribution >= 4 is 23.2 Å². The number of amides is 1. The summed E-state index contributed by atoms with van der Waals surface area (Å²) < 4.78 is 27.7. The molecule has 0 atom stereocenters. The summed E-state index contributed by atoms with van der Waals surface area (Å²) in [5.74, 6) is -1.88. The molecule has 2 N–H and O–H groups in total. The second-order valence-electron chi connectivity index (χ2n) is 6.12.